The fraction of sp³-hybridized carbons (Fsp3) is 0.150. The molecule has 0 radical (unpaired) electrons. The minimum Gasteiger partial charge on any atom is -0.331 e. The summed E-state index contributed by atoms with van der Waals surface area (Å²) >= 11 is 1.55. The van der Waals surface area contributed by atoms with Gasteiger partial charge in [0.15, 0.2) is 16.7 Å². The molecule has 2 heterocycles. The number of nitrogens with one attached hydrogen (secondary N) is 4. The molecule has 0 bridgehead atoms. The molecule has 2 aromatic carbocycles. The van der Waals surface area contributed by atoms with E-state index in [0.717, 1.165) is 40.2 Å². The van der Waals surface area contributed by atoms with E-state index < -0.39 is 0 Å². The highest BCUT2D eigenvalue weighted by Crippen LogP contribution is 2.20. The van der Waals surface area contributed by atoms with E-state index in [9.17, 15) is 4.79 Å². The van der Waals surface area contributed by atoms with Crippen molar-refractivity contribution < 1.29 is 9.78 Å². The minimum atomic E-state index is -0.222. The zero-order chi connectivity index (χ0) is 18.6. The van der Waals surface area contributed by atoms with Crippen LogP contribution in [0.1, 0.15) is 24.9 Å². The number of anilines is 1. The van der Waals surface area contributed by atoms with E-state index in [-0.39, 0.29) is 12.1 Å². The number of H-pyrrole nitrogens is 2. The third kappa shape index (κ3) is 3.83. The van der Waals surface area contributed by atoms with Crippen LogP contribution in [0.15, 0.2) is 59.4 Å². The van der Waals surface area contributed by atoms with Gasteiger partial charge in [-0.15, -0.1) is 11.3 Å². The summed E-state index contributed by atoms with van der Waals surface area (Å²) in [6, 6.07) is 15.5. The molecular formula is C20H20N5OS+. The predicted octanol–water partition coefficient (Wildman–Crippen LogP) is 4.38. The molecule has 0 unspecified atom stereocenters. The summed E-state index contributed by atoms with van der Waals surface area (Å²) in [5.41, 5.74) is 6.35. The molecule has 1 atom stereocenters. The standard InChI is InChI=1S/C20H19N5OS/c1-2-15(13-6-4-3-5-7-13)25-20(26)22-14-8-9-16-17(10-14)24-19(23-16)18-11-27-12-21-18/h3-12,15H,2H2,1H3,(H,23,24)(H2,22,25,26)/p+1/t15-/m0/s1. The second kappa shape index (κ2) is 7.59. The van der Waals surface area contributed by atoms with Crippen molar-refractivity contribution in [3.63, 3.8) is 0 Å². The highest BCUT2D eigenvalue weighted by atomic mass is 32.1. The fourth-order valence-corrected chi connectivity index (χ4v) is 3.57. The Morgan fingerprint density at radius 1 is 1.26 bits per heavy atom. The molecule has 27 heavy (non-hydrogen) atoms. The van der Waals surface area contributed by atoms with Gasteiger partial charge in [0.1, 0.15) is 0 Å². The molecule has 2 aromatic heterocycles. The number of thiazole rings is 1. The summed E-state index contributed by atoms with van der Waals surface area (Å²) in [5, 5.41) is 7.92. The molecule has 4 N–H and O–H groups in total. The average Bonchev–Trinajstić information content (AvgIpc) is 3.36. The Balaban J connectivity index is 1.48. The first-order valence-electron chi connectivity index (χ1n) is 8.79. The summed E-state index contributed by atoms with van der Waals surface area (Å²) < 4.78 is 0. The predicted molar refractivity (Wildman–Crippen MR) is 108 cm³/mol. The summed E-state index contributed by atoms with van der Waals surface area (Å²) in [5.74, 6) is 0.850. The van der Waals surface area contributed by atoms with Gasteiger partial charge in [0.2, 0.25) is 0 Å². The number of carbonyl (C=O) groups is 1. The van der Waals surface area contributed by atoms with Crippen LogP contribution in [0.2, 0.25) is 0 Å². The van der Waals surface area contributed by atoms with Crippen LogP contribution in [0, 0.1) is 0 Å². The first-order valence-corrected chi connectivity index (χ1v) is 9.73. The average molecular weight is 378 g/mol. The van der Waals surface area contributed by atoms with Crippen molar-refractivity contribution in [2.24, 2.45) is 0 Å². The van der Waals surface area contributed by atoms with E-state index in [1.165, 1.54) is 0 Å². The fourth-order valence-electron chi connectivity index (χ4n) is 3.03. The van der Waals surface area contributed by atoms with Crippen LogP contribution in [0.3, 0.4) is 0 Å². The zero-order valence-electron chi connectivity index (χ0n) is 14.8. The first kappa shape index (κ1) is 17.2. The highest BCUT2D eigenvalue weighted by Gasteiger charge is 2.16. The van der Waals surface area contributed by atoms with E-state index in [2.05, 4.69) is 32.5 Å². The lowest BCUT2D eigenvalue weighted by atomic mass is 10.1. The second-order valence-corrected chi connectivity index (χ2v) is 6.95. The normalized spacial score (nSPS) is 12.0. The van der Waals surface area contributed by atoms with Gasteiger partial charge in [0, 0.05) is 17.1 Å². The van der Waals surface area contributed by atoms with E-state index in [1.807, 2.05) is 53.9 Å². The SMILES string of the molecule is CC[C@H](NC(=O)Nc1ccc2[nH+]c(-c3cscn3)[nH]c2c1)c1ccccc1. The van der Waals surface area contributed by atoms with Crippen molar-refractivity contribution in [1.82, 2.24) is 15.3 Å². The molecule has 0 saturated carbocycles. The van der Waals surface area contributed by atoms with Gasteiger partial charge >= 0.3 is 11.9 Å². The van der Waals surface area contributed by atoms with Gasteiger partial charge in [-0.2, -0.15) is 0 Å². The van der Waals surface area contributed by atoms with E-state index in [1.54, 1.807) is 16.8 Å². The number of nitrogens with zero attached hydrogens (tertiary/aromatic N) is 1. The molecule has 2 amide bonds. The number of aromatic amines is 2. The quantitative estimate of drug-likeness (QED) is 0.481. The van der Waals surface area contributed by atoms with Gasteiger partial charge in [-0.25, -0.2) is 19.7 Å². The van der Waals surface area contributed by atoms with E-state index in [0.29, 0.717) is 0 Å². The third-order valence-corrected chi connectivity index (χ3v) is 4.99. The Bertz CT molecular complexity index is 1040. The smallest absolute Gasteiger partial charge is 0.319 e. The lowest BCUT2D eigenvalue weighted by Gasteiger charge is -2.17. The van der Waals surface area contributed by atoms with Gasteiger partial charge in [0.05, 0.1) is 11.6 Å². The van der Waals surface area contributed by atoms with Crippen molar-refractivity contribution >= 4 is 34.1 Å². The molecule has 0 fully saturated rings. The first-order chi connectivity index (χ1) is 13.2. The van der Waals surface area contributed by atoms with E-state index >= 15 is 0 Å². The number of hydrogen-bond acceptors (Lipinski definition) is 3. The molecule has 7 heteroatoms. The number of benzene rings is 2. The number of hydrogen-bond donors (Lipinski definition) is 3. The molecule has 0 aliphatic rings. The van der Waals surface area contributed by atoms with Gasteiger partial charge in [-0.05, 0) is 24.1 Å². The van der Waals surface area contributed by atoms with Crippen molar-refractivity contribution in [3.05, 3.63) is 65.0 Å². The molecule has 0 spiro atoms. The number of fused-ring (bicyclic) bond motifs is 1. The molecule has 0 saturated heterocycles. The van der Waals surface area contributed by atoms with Crippen LogP contribution >= 0.6 is 11.3 Å². The van der Waals surface area contributed by atoms with Gasteiger partial charge in [-0.3, -0.25) is 0 Å². The summed E-state index contributed by atoms with van der Waals surface area (Å²) in [6.07, 6.45) is 0.819. The molecule has 0 aliphatic carbocycles. The number of carbonyl (C=O) groups excluding carboxylic acids is 1. The van der Waals surface area contributed by atoms with Crippen molar-refractivity contribution in [3.8, 4) is 11.5 Å². The molecule has 0 aliphatic heterocycles. The van der Waals surface area contributed by atoms with Crippen LogP contribution in [0.25, 0.3) is 22.6 Å². The van der Waals surface area contributed by atoms with Gasteiger partial charge in [-0.1, -0.05) is 37.3 Å². The molecule has 6 nitrogen and oxygen atoms in total. The van der Waals surface area contributed by atoms with Crippen molar-refractivity contribution in [2.45, 2.75) is 19.4 Å². The summed E-state index contributed by atoms with van der Waals surface area (Å²) in [6.45, 7) is 2.05. The number of imidazole rings is 1. The Kier molecular flexibility index (Phi) is 4.84. The van der Waals surface area contributed by atoms with Gasteiger partial charge in [0.25, 0.3) is 0 Å². The number of aromatic nitrogens is 3. The summed E-state index contributed by atoms with van der Waals surface area (Å²) in [7, 11) is 0. The minimum absolute atomic E-state index is 0.0231. The van der Waals surface area contributed by atoms with E-state index in [4.69, 9.17) is 0 Å². The Labute approximate surface area is 160 Å². The maximum absolute atomic E-state index is 12.4. The maximum atomic E-state index is 12.4. The van der Waals surface area contributed by atoms with Crippen molar-refractivity contribution in [1.29, 1.82) is 0 Å². The molecule has 4 aromatic rings. The molecule has 4 rings (SSSR count). The zero-order valence-corrected chi connectivity index (χ0v) is 15.6. The molecular weight excluding hydrogens is 358 g/mol. The number of amides is 2. The maximum Gasteiger partial charge on any atom is 0.319 e. The highest BCUT2D eigenvalue weighted by molar-refractivity contribution is 7.07. The van der Waals surface area contributed by atoms with Crippen LogP contribution < -0.4 is 15.6 Å². The second-order valence-electron chi connectivity index (χ2n) is 6.23. The van der Waals surface area contributed by atoms with Crippen molar-refractivity contribution in [2.75, 3.05) is 5.32 Å². The molecule has 136 valence electrons. The topological polar surface area (TPSA) is 83.9 Å². The van der Waals surface area contributed by atoms with Crippen LogP contribution in [-0.2, 0) is 0 Å². The Morgan fingerprint density at radius 2 is 2.11 bits per heavy atom. The lowest BCUT2D eigenvalue weighted by Crippen LogP contribution is -2.32. The third-order valence-electron chi connectivity index (χ3n) is 4.40. The lowest BCUT2D eigenvalue weighted by molar-refractivity contribution is -0.330. The largest absolute Gasteiger partial charge is 0.331 e. The number of urea groups is 1. The van der Waals surface area contributed by atoms with Crippen LogP contribution in [0.4, 0.5) is 10.5 Å². The Morgan fingerprint density at radius 3 is 2.85 bits per heavy atom. The summed E-state index contributed by atoms with van der Waals surface area (Å²) in [4.78, 5) is 23.3. The van der Waals surface area contributed by atoms with Crippen LogP contribution in [0.5, 0.6) is 0 Å². The Hall–Kier alpha value is -3.19. The van der Waals surface area contributed by atoms with Gasteiger partial charge < -0.3 is 10.6 Å². The number of rotatable bonds is 5. The monoisotopic (exact) mass is 378 g/mol. The van der Waals surface area contributed by atoms with Crippen LogP contribution in [-0.4, -0.2) is 16.0 Å².